The van der Waals surface area contributed by atoms with Crippen molar-refractivity contribution < 1.29 is 23.8 Å². The van der Waals surface area contributed by atoms with Crippen molar-refractivity contribution in [2.24, 2.45) is 0 Å². The summed E-state index contributed by atoms with van der Waals surface area (Å²) in [6.07, 6.45) is 0.671. The molecule has 1 heterocycles. The molecule has 1 aliphatic rings. The van der Waals surface area contributed by atoms with Gasteiger partial charge in [-0.3, -0.25) is 0 Å². The average Bonchev–Trinajstić information content (AvgIpc) is 2.68. The van der Waals surface area contributed by atoms with Crippen LogP contribution in [0.5, 0.6) is 11.5 Å². The number of carbonyl (C=O) groups is 1. The molecular formula is C20H19ClFNO4. The van der Waals surface area contributed by atoms with E-state index in [4.69, 9.17) is 21.1 Å². The number of nitrogens with one attached hydrogen (secondary N) is 1. The van der Waals surface area contributed by atoms with Crippen LogP contribution in [0.4, 0.5) is 4.39 Å². The van der Waals surface area contributed by atoms with E-state index in [2.05, 4.69) is 5.32 Å². The van der Waals surface area contributed by atoms with Crippen LogP contribution in [0, 0.1) is 5.82 Å². The van der Waals surface area contributed by atoms with Crippen molar-refractivity contribution in [3.63, 3.8) is 0 Å². The molecule has 27 heavy (non-hydrogen) atoms. The van der Waals surface area contributed by atoms with Crippen molar-refractivity contribution >= 4 is 23.1 Å². The molecule has 0 unspecified atom stereocenters. The topological polar surface area (TPSA) is 67.8 Å². The Balaban J connectivity index is 1.56. The number of carboxylic acid groups (broad SMARTS) is 1. The number of carboxylic acids is 1. The van der Waals surface area contributed by atoms with Crippen LogP contribution >= 0.6 is 11.6 Å². The van der Waals surface area contributed by atoms with Crippen molar-refractivity contribution in [2.75, 3.05) is 26.3 Å². The van der Waals surface area contributed by atoms with E-state index in [-0.39, 0.29) is 19.0 Å². The third-order valence-corrected chi connectivity index (χ3v) is 4.49. The van der Waals surface area contributed by atoms with Gasteiger partial charge in [-0.25, -0.2) is 9.18 Å². The molecule has 7 heteroatoms. The van der Waals surface area contributed by atoms with Crippen molar-refractivity contribution in [3.8, 4) is 11.5 Å². The molecule has 0 aliphatic carbocycles. The summed E-state index contributed by atoms with van der Waals surface area (Å²) in [6.45, 7) is 1.59. The predicted molar refractivity (Wildman–Crippen MR) is 101 cm³/mol. The SMILES string of the molecule is O=C(O)C1=C(c2ccc(OCCOc3cc(F)ccc3Cl)cc2)CCNC1. The van der Waals surface area contributed by atoms with Gasteiger partial charge in [-0.2, -0.15) is 0 Å². The molecule has 0 saturated heterocycles. The molecule has 5 nitrogen and oxygen atoms in total. The Morgan fingerprint density at radius 3 is 2.63 bits per heavy atom. The van der Waals surface area contributed by atoms with Crippen LogP contribution < -0.4 is 14.8 Å². The van der Waals surface area contributed by atoms with Crippen LogP contribution in [0.1, 0.15) is 12.0 Å². The zero-order chi connectivity index (χ0) is 19.2. The number of ether oxygens (including phenoxy) is 2. The van der Waals surface area contributed by atoms with Crippen molar-refractivity contribution in [1.82, 2.24) is 5.32 Å². The van der Waals surface area contributed by atoms with E-state index < -0.39 is 11.8 Å². The van der Waals surface area contributed by atoms with E-state index in [1.807, 2.05) is 12.1 Å². The lowest BCUT2D eigenvalue weighted by Gasteiger charge is -2.19. The van der Waals surface area contributed by atoms with E-state index in [0.717, 1.165) is 17.7 Å². The Labute approximate surface area is 161 Å². The predicted octanol–water partition coefficient (Wildman–Crippen LogP) is 3.77. The number of aliphatic carboxylic acids is 1. The lowest BCUT2D eigenvalue weighted by atomic mass is 9.94. The minimum atomic E-state index is -0.898. The van der Waals surface area contributed by atoms with Crippen LogP contribution in [0.15, 0.2) is 48.0 Å². The van der Waals surface area contributed by atoms with Crippen molar-refractivity contribution in [3.05, 3.63) is 64.4 Å². The fraction of sp³-hybridized carbons (Fsp3) is 0.250. The van der Waals surface area contributed by atoms with Gasteiger partial charge in [0.1, 0.15) is 30.5 Å². The molecule has 0 bridgehead atoms. The fourth-order valence-corrected chi connectivity index (χ4v) is 3.03. The van der Waals surface area contributed by atoms with E-state index in [9.17, 15) is 14.3 Å². The summed E-state index contributed by atoms with van der Waals surface area (Å²) < 4.78 is 24.2. The lowest BCUT2D eigenvalue weighted by molar-refractivity contribution is -0.132. The maximum absolute atomic E-state index is 13.2. The standard InChI is InChI=1S/C20H19ClFNO4/c21-18-6-3-14(22)11-19(18)27-10-9-26-15-4-1-13(2-5-15)16-7-8-23-12-17(16)20(24)25/h1-6,11,23H,7-10,12H2,(H,24,25). The number of hydrogen-bond donors (Lipinski definition) is 2. The number of halogens is 2. The lowest BCUT2D eigenvalue weighted by Crippen LogP contribution is -2.28. The Kier molecular flexibility index (Phi) is 6.32. The summed E-state index contributed by atoms with van der Waals surface area (Å²) in [7, 11) is 0. The second-order valence-electron chi connectivity index (χ2n) is 5.99. The molecule has 2 N–H and O–H groups in total. The van der Waals surface area contributed by atoms with Gasteiger partial charge >= 0.3 is 5.97 Å². The molecule has 0 fully saturated rings. The summed E-state index contributed by atoms with van der Waals surface area (Å²) in [5, 5.41) is 12.7. The van der Waals surface area contributed by atoms with Crippen molar-refractivity contribution in [2.45, 2.75) is 6.42 Å². The monoisotopic (exact) mass is 391 g/mol. The molecule has 0 atom stereocenters. The molecule has 3 rings (SSSR count). The first-order chi connectivity index (χ1) is 13.0. The highest BCUT2D eigenvalue weighted by atomic mass is 35.5. The maximum Gasteiger partial charge on any atom is 0.333 e. The Morgan fingerprint density at radius 2 is 1.89 bits per heavy atom. The third kappa shape index (κ3) is 4.99. The molecule has 0 radical (unpaired) electrons. The van der Waals surface area contributed by atoms with Crippen LogP contribution in [-0.4, -0.2) is 37.4 Å². The van der Waals surface area contributed by atoms with E-state index in [0.29, 0.717) is 29.3 Å². The molecule has 0 aromatic heterocycles. The summed E-state index contributed by atoms with van der Waals surface area (Å²) in [5.74, 6) is -0.404. The van der Waals surface area contributed by atoms with Gasteiger partial charge in [0.15, 0.2) is 0 Å². The second-order valence-corrected chi connectivity index (χ2v) is 6.39. The van der Waals surface area contributed by atoms with Gasteiger partial charge in [0.05, 0.1) is 10.6 Å². The summed E-state index contributed by atoms with van der Waals surface area (Å²) in [4.78, 5) is 11.4. The van der Waals surface area contributed by atoms with E-state index in [1.165, 1.54) is 18.2 Å². The Bertz CT molecular complexity index is 852. The zero-order valence-electron chi connectivity index (χ0n) is 14.5. The van der Waals surface area contributed by atoms with Gasteiger partial charge < -0.3 is 19.9 Å². The van der Waals surface area contributed by atoms with Crippen LogP contribution in [-0.2, 0) is 4.79 Å². The first-order valence-corrected chi connectivity index (χ1v) is 8.89. The summed E-state index contributed by atoms with van der Waals surface area (Å²) in [5.41, 5.74) is 2.12. The molecule has 1 aliphatic heterocycles. The number of benzene rings is 2. The van der Waals surface area contributed by atoms with Crippen LogP contribution in [0.2, 0.25) is 5.02 Å². The van der Waals surface area contributed by atoms with Gasteiger partial charge in [-0.05, 0) is 48.4 Å². The van der Waals surface area contributed by atoms with Gasteiger partial charge in [0.25, 0.3) is 0 Å². The molecular weight excluding hydrogens is 373 g/mol. The highest BCUT2D eigenvalue weighted by molar-refractivity contribution is 6.32. The average molecular weight is 392 g/mol. The first kappa shape index (κ1) is 19.2. The van der Waals surface area contributed by atoms with Crippen molar-refractivity contribution in [1.29, 1.82) is 0 Å². The van der Waals surface area contributed by atoms with E-state index in [1.54, 1.807) is 12.1 Å². The molecule has 2 aromatic carbocycles. The van der Waals surface area contributed by atoms with Gasteiger partial charge in [0.2, 0.25) is 0 Å². The molecule has 142 valence electrons. The smallest absolute Gasteiger partial charge is 0.333 e. The Morgan fingerprint density at radius 1 is 1.15 bits per heavy atom. The highest BCUT2D eigenvalue weighted by Crippen LogP contribution is 2.27. The van der Waals surface area contributed by atoms with E-state index >= 15 is 0 Å². The minimum absolute atomic E-state index is 0.213. The van der Waals surface area contributed by atoms with Crippen LogP contribution in [0.25, 0.3) is 5.57 Å². The first-order valence-electron chi connectivity index (χ1n) is 8.51. The van der Waals surface area contributed by atoms with Gasteiger partial charge in [-0.1, -0.05) is 23.7 Å². The fourth-order valence-electron chi connectivity index (χ4n) is 2.86. The number of rotatable bonds is 7. The molecule has 2 aromatic rings. The maximum atomic E-state index is 13.2. The zero-order valence-corrected chi connectivity index (χ0v) is 15.3. The number of hydrogen-bond acceptors (Lipinski definition) is 4. The largest absolute Gasteiger partial charge is 0.490 e. The van der Waals surface area contributed by atoms with Gasteiger partial charge in [0, 0.05) is 12.6 Å². The second kappa shape index (κ2) is 8.88. The third-order valence-electron chi connectivity index (χ3n) is 4.18. The minimum Gasteiger partial charge on any atom is -0.490 e. The Hall–Kier alpha value is -2.57. The van der Waals surface area contributed by atoms with Crippen LogP contribution in [0.3, 0.4) is 0 Å². The summed E-state index contributed by atoms with van der Waals surface area (Å²) in [6, 6.07) is 11.2. The highest BCUT2D eigenvalue weighted by Gasteiger charge is 2.19. The summed E-state index contributed by atoms with van der Waals surface area (Å²) >= 11 is 5.93. The quantitative estimate of drug-likeness (QED) is 0.703. The molecule has 0 saturated carbocycles. The molecule has 0 amide bonds. The molecule has 0 spiro atoms. The van der Waals surface area contributed by atoms with Gasteiger partial charge in [-0.15, -0.1) is 0 Å². The normalized spacial score (nSPS) is 14.1.